The second-order valence-electron chi connectivity index (χ2n) is 5.46. The number of aliphatic hydroxyl groups excluding tert-OH is 1. The average Bonchev–Trinajstić information content (AvgIpc) is 2.86. The summed E-state index contributed by atoms with van der Waals surface area (Å²) in [6.07, 6.45) is 2.61. The molecule has 1 amide bonds. The second kappa shape index (κ2) is 5.74. The number of benzene rings is 1. The first-order chi connectivity index (χ1) is 9.66. The summed E-state index contributed by atoms with van der Waals surface area (Å²) in [5, 5.41) is 12.8. The molecule has 0 aromatic heterocycles. The van der Waals surface area contributed by atoms with Gasteiger partial charge < -0.3 is 10.4 Å². The van der Waals surface area contributed by atoms with Crippen molar-refractivity contribution in [1.29, 1.82) is 0 Å². The first-order valence-corrected chi connectivity index (χ1v) is 8.05. The van der Waals surface area contributed by atoms with Crippen molar-refractivity contribution in [3.8, 4) is 0 Å². The van der Waals surface area contributed by atoms with Crippen LogP contribution >= 0.6 is 11.8 Å². The summed E-state index contributed by atoms with van der Waals surface area (Å²) in [5.74, 6) is 0.183. The minimum absolute atomic E-state index is 0.0953. The number of nitrogens with one attached hydrogen (secondary N) is 1. The maximum absolute atomic E-state index is 13.8. The number of fused-ring (bicyclic) bond motifs is 1. The van der Waals surface area contributed by atoms with Crippen molar-refractivity contribution in [3.05, 3.63) is 29.6 Å². The number of halogens is 1. The molecule has 1 aromatic rings. The SMILES string of the molecule is O=C(NC1CCSc2c(F)cccc21)C1CCCC1O. The lowest BCUT2D eigenvalue weighted by Gasteiger charge is -2.27. The van der Waals surface area contributed by atoms with E-state index in [2.05, 4.69) is 5.32 Å². The maximum Gasteiger partial charge on any atom is 0.226 e. The Bertz CT molecular complexity index is 523. The molecule has 5 heteroatoms. The van der Waals surface area contributed by atoms with E-state index in [0.717, 1.165) is 30.6 Å². The zero-order valence-corrected chi connectivity index (χ0v) is 12.0. The van der Waals surface area contributed by atoms with Crippen molar-refractivity contribution in [2.45, 2.75) is 42.7 Å². The molecular formula is C15H18FNO2S. The standard InChI is InChI=1S/C15H18FNO2S/c16-11-5-1-3-9-12(7-8-20-14(9)11)17-15(19)10-4-2-6-13(10)18/h1,3,5,10,12-13,18H,2,4,6-8H2,(H,17,19). The molecule has 1 fully saturated rings. The number of thioether (sulfide) groups is 1. The van der Waals surface area contributed by atoms with Crippen LogP contribution in [0.1, 0.15) is 37.3 Å². The van der Waals surface area contributed by atoms with E-state index in [1.807, 2.05) is 6.07 Å². The largest absolute Gasteiger partial charge is 0.392 e. The molecule has 2 aliphatic rings. The van der Waals surface area contributed by atoms with Crippen LogP contribution in [0.3, 0.4) is 0 Å². The zero-order valence-electron chi connectivity index (χ0n) is 11.1. The highest BCUT2D eigenvalue weighted by Gasteiger charge is 2.33. The van der Waals surface area contributed by atoms with Crippen molar-refractivity contribution < 1.29 is 14.3 Å². The number of rotatable bonds is 2. The van der Waals surface area contributed by atoms with Crippen LogP contribution in [0.2, 0.25) is 0 Å². The van der Waals surface area contributed by atoms with Crippen LogP contribution < -0.4 is 5.32 Å². The van der Waals surface area contributed by atoms with Crippen molar-refractivity contribution >= 4 is 17.7 Å². The molecule has 3 atom stereocenters. The summed E-state index contributed by atoms with van der Waals surface area (Å²) in [4.78, 5) is 12.9. The minimum Gasteiger partial charge on any atom is -0.392 e. The van der Waals surface area contributed by atoms with E-state index in [9.17, 15) is 14.3 Å². The summed E-state index contributed by atoms with van der Waals surface area (Å²) in [7, 11) is 0. The van der Waals surface area contributed by atoms with Gasteiger partial charge in [-0.2, -0.15) is 0 Å². The number of carbonyl (C=O) groups is 1. The molecule has 20 heavy (non-hydrogen) atoms. The maximum atomic E-state index is 13.8. The molecule has 3 nitrogen and oxygen atoms in total. The number of aliphatic hydroxyl groups is 1. The highest BCUT2D eigenvalue weighted by Crippen LogP contribution is 2.38. The number of hydrogen-bond acceptors (Lipinski definition) is 3. The molecule has 1 saturated carbocycles. The van der Waals surface area contributed by atoms with E-state index in [0.29, 0.717) is 11.3 Å². The van der Waals surface area contributed by atoms with Crippen LogP contribution in [-0.2, 0) is 4.79 Å². The lowest BCUT2D eigenvalue weighted by molar-refractivity contribution is -0.128. The summed E-state index contributed by atoms with van der Waals surface area (Å²) in [6.45, 7) is 0. The van der Waals surface area contributed by atoms with Gasteiger partial charge in [0.1, 0.15) is 5.82 Å². The van der Waals surface area contributed by atoms with Crippen LogP contribution in [0.4, 0.5) is 4.39 Å². The highest BCUT2D eigenvalue weighted by molar-refractivity contribution is 7.99. The number of amides is 1. The third kappa shape index (κ3) is 2.56. The molecule has 3 rings (SSSR count). The lowest BCUT2D eigenvalue weighted by atomic mass is 10.0. The molecule has 1 aliphatic carbocycles. The normalized spacial score (nSPS) is 29.0. The zero-order chi connectivity index (χ0) is 14.1. The third-order valence-electron chi connectivity index (χ3n) is 4.16. The van der Waals surface area contributed by atoms with Gasteiger partial charge in [-0.05, 0) is 37.3 Å². The van der Waals surface area contributed by atoms with Gasteiger partial charge in [-0.25, -0.2) is 4.39 Å². The van der Waals surface area contributed by atoms with Gasteiger partial charge in [0, 0.05) is 10.6 Å². The topological polar surface area (TPSA) is 49.3 Å². The molecule has 108 valence electrons. The predicted molar refractivity (Wildman–Crippen MR) is 76.0 cm³/mol. The highest BCUT2D eigenvalue weighted by atomic mass is 32.2. The van der Waals surface area contributed by atoms with Gasteiger partial charge in [0.2, 0.25) is 5.91 Å². The molecule has 0 spiro atoms. The van der Waals surface area contributed by atoms with Crippen molar-refractivity contribution in [1.82, 2.24) is 5.32 Å². The fraction of sp³-hybridized carbons (Fsp3) is 0.533. The van der Waals surface area contributed by atoms with Crippen molar-refractivity contribution in [2.75, 3.05) is 5.75 Å². The average molecular weight is 295 g/mol. The second-order valence-corrected chi connectivity index (χ2v) is 6.57. The van der Waals surface area contributed by atoms with Crippen molar-refractivity contribution in [3.63, 3.8) is 0 Å². The lowest BCUT2D eigenvalue weighted by Crippen LogP contribution is -2.38. The van der Waals surface area contributed by atoms with Gasteiger partial charge >= 0.3 is 0 Å². The minimum atomic E-state index is -0.528. The number of carbonyl (C=O) groups excluding carboxylic acids is 1. The Kier molecular flexibility index (Phi) is 3.98. The molecule has 1 aromatic carbocycles. The summed E-state index contributed by atoms with van der Waals surface area (Å²) >= 11 is 1.50. The van der Waals surface area contributed by atoms with Gasteiger partial charge in [-0.1, -0.05) is 12.1 Å². The van der Waals surface area contributed by atoms with Gasteiger partial charge in [-0.15, -0.1) is 11.8 Å². The molecule has 1 aliphatic heterocycles. The van der Waals surface area contributed by atoms with E-state index < -0.39 is 6.10 Å². The Hall–Kier alpha value is -1.07. The first-order valence-electron chi connectivity index (χ1n) is 7.06. The van der Waals surface area contributed by atoms with E-state index in [1.54, 1.807) is 6.07 Å². The molecular weight excluding hydrogens is 277 g/mol. The monoisotopic (exact) mass is 295 g/mol. The first kappa shape index (κ1) is 13.9. The van der Waals surface area contributed by atoms with Crippen LogP contribution in [0.5, 0.6) is 0 Å². The Morgan fingerprint density at radius 1 is 1.35 bits per heavy atom. The molecule has 2 N–H and O–H groups in total. The smallest absolute Gasteiger partial charge is 0.226 e. The Morgan fingerprint density at radius 2 is 2.20 bits per heavy atom. The Balaban J connectivity index is 1.76. The van der Waals surface area contributed by atoms with Gasteiger partial charge in [0.25, 0.3) is 0 Å². The Morgan fingerprint density at radius 3 is 2.95 bits per heavy atom. The Labute approximate surface area is 121 Å². The van der Waals surface area contributed by atoms with E-state index in [-0.39, 0.29) is 23.7 Å². The summed E-state index contributed by atoms with van der Waals surface area (Å²) in [5.41, 5.74) is 0.863. The number of hydrogen-bond donors (Lipinski definition) is 2. The fourth-order valence-corrected chi connectivity index (χ4v) is 4.20. The van der Waals surface area contributed by atoms with Crippen LogP contribution in [0, 0.1) is 11.7 Å². The molecule has 1 heterocycles. The van der Waals surface area contributed by atoms with Gasteiger partial charge in [0.15, 0.2) is 0 Å². The fourth-order valence-electron chi connectivity index (χ4n) is 3.06. The van der Waals surface area contributed by atoms with Gasteiger partial charge in [-0.3, -0.25) is 4.79 Å². The van der Waals surface area contributed by atoms with Crippen LogP contribution in [0.15, 0.2) is 23.1 Å². The molecule has 0 saturated heterocycles. The molecule has 3 unspecified atom stereocenters. The quantitative estimate of drug-likeness (QED) is 0.882. The van der Waals surface area contributed by atoms with Crippen LogP contribution in [-0.4, -0.2) is 22.9 Å². The summed E-state index contributed by atoms with van der Waals surface area (Å²) < 4.78 is 13.8. The third-order valence-corrected chi connectivity index (χ3v) is 5.32. The molecule has 0 bridgehead atoms. The van der Waals surface area contributed by atoms with E-state index in [1.165, 1.54) is 17.8 Å². The van der Waals surface area contributed by atoms with E-state index in [4.69, 9.17) is 0 Å². The molecule has 0 radical (unpaired) electrons. The van der Waals surface area contributed by atoms with Gasteiger partial charge in [0.05, 0.1) is 18.1 Å². The van der Waals surface area contributed by atoms with Crippen LogP contribution in [0.25, 0.3) is 0 Å². The van der Waals surface area contributed by atoms with Crippen molar-refractivity contribution in [2.24, 2.45) is 5.92 Å². The van der Waals surface area contributed by atoms with E-state index >= 15 is 0 Å². The summed E-state index contributed by atoms with van der Waals surface area (Å²) in [6, 6.07) is 4.88. The predicted octanol–water partition coefficient (Wildman–Crippen LogP) is 2.64.